The van der Waals surface area contributed by atoms with E-state index in [0.29, 0.717) is 12.4 Å². The second-order valence-corrected chi connectivity index (χ2v) is 4.93. The van der Waals surface area contributed by atoms with Gasteiger partial charge in [-0.1, -0.05) is 6.07 Å². The summed E-state index contributed by atoms with van der Waals surface area (Å²) in [6, 6.07) is 5.09. The van der Waals surface area contributed by atoms with E-state index in [1.807, 2.05) is 0 Å². The molecule has 0 radical (unpaired) electrons. The minimum Gasteiger partial charge on any atom is -0.466 e. The molecule has 0 aromatic carbocycles. The number of esters is 1. The van der Waals surface area contributed by atoms with Crippen LogP contribution in [0.2, 0.25) is 0 Å². The number of carbonyl (C=O) groups excluding carboxylic acids is 1. The molecule has 2 rings (SSSR count). The Kier molecular flexibility index (Phi) is 4.69. The Labute approximate surface area is 120 Å². The molecule has 0 N–H and O–H groups in total. The first-order chi connectivity index (χ1) is 9.93. The number of nitrogens with zero attached hydrogens (tertiary/aromatic N) is 2. The molecule has 1 aliphatic heterocycles. The SMILES string of the molecule is CCOC(=O)C1CCN(c2ccccn2)CC1C(F)(F)F. The number of carbonyl (C=O) groups is 1. The van der Waals surface area contributed by atoms with E-state index < -0.39 is 24.0 Å². The molecule has 4 nitrogen and oxygen atoms in total. The van der Waals surface area contributed by atoms with Gasteiger partial charge in [0.15, 0.2) is 0 Å². The van der Waals surface area contributed by atoms with Crippen LogP contribution in [0.3, 0.4) is 0 Å². The third kappa shape index (κ3) is 3.65. The molecule has 1 aromatic heterocycles. The average molecular weight is 302 g/mol. The van der Waals surface area contributed by atoms with E-state index in [4.69, 9.17) is 4.74 Å². The number of piperidine rings is 1. The maximum atomic E-state index is 13.2. The summed E-state index contributed by atoms with van der Waals surface area (Å²) in [5, 5.41) is 0. The molecule has 116 valence electrons. The molecule has 2 unspecified atom stereocenters. The van der Waals surface area contributed by atoms with Gasteiger partial charge >= 0.3 is 12.1 Å². The second kappa shape index (κ2) is 6.32. The van der Waals surface area contributed by atoms with Gasteiger partial charge in [0.25, 0.3) is 0 Å². The van der Waals surface area contributed by atoms with Crippen LogP contribution in [0.25, 0.3) is 0 Å². The number of anilines is 1. The van der Waals surface area contributed by atoms with Gasteiger partial charge in [0.05, 0.1) is 18.4 Å². The first-order valence-electron chi connectivity index (χ1n) is 6.82. The molecule has 21 heavy (non-hydrogen) atoms. The van der Waals surface area contributed by atoms with Gasteiger partial charge in [-0.05, 0) is 25.5 Å². The van der Waals surface area contributed by atoms with E-state index in [1.54, 1.807) is 30.0 Å². The van der Waals surface area contributed by atoms with Gasteiger partial charge < -0.3 is 9.64 Å². The van der Waals surface area contributed by atoms with E-state index in [9.17, 15) is 18.0 Å². The fourth-order valence-corrected chi connectivity index (χ4v) is 2.56. The topological polar surface area (TPSA) is 42.4 Å². The van der Waals surface area contributed by atoms with Crippen molar-refractivity contribution in [2.45, 2.75) is 19.5 Å². The van der Waals surface area contributed by atoms with Crippen LogP contribution < -0.4 is 4.90 Å². The Bertz CT molecular complexity index is 479. The first-order valence-corrected chi connectivity index (χ1v) is 6.82. The maximum absolute atomic E-state index is 13.2. The molecular weight excluding hydrogens is 285 g/mol. The van der Waals surface area contributed by atoms with E-state index in [2.05, 4.69) is 4.98 Å². The van der Waals surface area contributed by atoms with Crippen LogP contribution >= 0.6 is 0 Å². The summed E-state index contributed by atoms with van der Waals surface area (Å²) in [5.74, 6) is -3.13. The highest BCUT2D eigenvalue weighted by Gasteiger charge is 2.50. The number of rotatable bonds is 3. The van der Waals surface area contributed by atoms with Crippen LogP contribution in [-0.2, 0) is 9.53 Å². The van der Waals surface area contributed by atoms with Gasteiger partial charge in [0, 0.05) is 19.3 Å². The molecule has 0 amide bonds. The fraction of sp³-hybridized carbons (Fsp3) is 0.571. The van der Waals surface area contributed by atoms with Gasteiger partial charge in [0.1, 0.15) is 5.82 Å². The predicted molar refractivity (Wildman–Crippen MR) is 70.7 cm³/mol. The highest BCUT2D eigenvalue weighted by atomic mass is 19.4. The molecule has 1 fully saturated rings. The number of pyridine rings is 1. The Morgan fingerprint density at radius 3 is 2.81 bits per heavy atom. The Hall–Kier alpha value is -1.79. The largest absolute Gasteiger partial charge is 0.466 e. The lowest BCUT2D eigenvalue weighted by atomic mass is 9.85. The Morgan fingerprint density at radius 2 is 2.24 bits per heavy atom. The average Bonchev–Trinajstić information content (AvgIpc) is 2.47. The van der Waals surface area contributed by atoms with E-state index in [-0.39, 0.29) is 19.6 Å². The Morgan fingerprint density at radius 1 is 1.48 bits per heavy atom. The molecule has 2 heterocycles. The summed E-state index contributed by atoms with van der Waals surface area (Å²) >= 11 is 0. The third-order valence-corrected chi connectivity index (χ3v) is 3.60. The van der Waals surface area contributed by atoms with Gasteiger partial charge in [-0.15, -0.1) is 0 Å². The highest BCUT2D eigenvalue weighted by molar-refractivity contribution is 5.73. The van der Waals surface area contributed by atoms with Crippen molar-refractivity contribution in [2.75, 3.05) is 24.6 Å². The zero-order valence-electron chi connectivity index (χ0n) is 11.6. The number of aromatic nitrogens is 1. The minimum atomic E-state index is -4.44. The van der Waals surface area contributed by atoms with Crippen molar-refractivity contribution in [3.63, 3.8) is 0 Å². The summed E-state index contributed by atoms with van der Waals surface area (Å²) in [4.78, 5) is 17.4. The predicted octanol–water partition coefficient (Wildman–Crippen LogP) is 2.65. The van der Waals surface area contributed by atoms with Gasteiger partial charge in [-0.2, -0.15) is 13.2 Å². The molecule has 0 saturated carbocycles. The number of hydrogen-bond acceptors (Lipinski definition) is 4. The van der Waals surface area contributed by atoms with Crippen molar-refractivity contribution in [3.8, 4) is 0 Å². The van der Waals surface area contributed by atoms with Crippen LogP contribution in [0.4, 0.5) is 19.0 Å². The summed E-state index contributed by atoms with van der Waals surface area (Å²) < 4.78 is 44.5. The van der Waals surface area contributed by atoms with Crippen LogP contribution in [0.5, 0.6) is 0 Å². The number of alkyl halides is 3. The summed E-state index contributed by atoms with van der Waals surface area (Å²) in [7, 11) is 0. The van der Waals surface area contributed by atoms with Crippen LogP contribution in [0.1, 0.15) is 13.3 Å². The van der Waals surface area contributed by atoms with Crippen LogP contribution in [-0.4, -0.2) is 36.8 Å². The van der Waals surface area contributed by atoms with Gasteiger partial charge in [-0.25, -0.2) is 4.98 Å². The number of halogens is 3. The second-order valence-electron chi connectivity index (χ2n) is 4.93. The van der Waals surface area contributed by atoms with Crippen molar-refractivity contribution < 1.29 is 22.7 Å². The lowest BCUT2D eigenvalue weighted by Gasteiger charge is -2.38. The molecule has 0 bridgehead atoms. The van der Waals surface area contributed by atoms with E-state index in [0.717, 1.165) is 0 Å². The molecular formula is C14H17F3N2O2. The summed E-state index contributed by atoms with van der Waals surface area (Å²) in [5.41, 5.74) is 0. The molecule has 7 heteroatoms. The smallest absolute Gasteiger partial charge is 0.394 e. The quantitative estimate of drug-likeness (QED) is 0.805. The number of hydrogen-bond donors (Lipinski definition) is 0. The zero-order valence-corrected chi connectivity index (χ0v) is 11.6. The van der Waals surface area contributed by atoms with Crippen molar-refractivity contribution >= 4 is 11.8 Å². The number of ether oxygens (including phenoxy) is 1. The van der Waals surface area contributed by atoms with Gasteiger partial charge in [-0.3, -0.25) is 4.79 Å². The molecule has 1 aliphatic rings. The summed E-state index contributed by atoms with van der Waals surface area (Å²) in [6.07, 6.45) is -2.79. The van der Waals surface area contributed by atoms with Crippen molar-refractivity contribution in [1.29, 1.82) is 0 Å². The van der Waals surface area contributed by atoms with Crippen molar-refractivity contribution in [3.05, 3.63) is 24.4 Å². The molecule has 0 aliphatic carbocycles. The van der Waals surface area contributed by atoms with Gasteiger partial charge in [0.2, 0.25) is 0 Å². The first kappa shape index (κ1) is 15.6. The molecule has 1 aromatic rings. The highest BCUT2D eigenvalue weighted by Crippen LogP contribution is 2.38. The van der Waals surface area contributed by atoms with E-state index in [1.165, 1.54) is 6.20 Å². The van der Waals surface area contributed by atoms with Crippen LogP contribution in [0, 0.1) is 11.8 Å². The van der Waals surface area contributed by atoms with Crippen LogP contribution in [0.15, 0.2) is 24.4 Å². The zero-order chi connectivity index (χ0) is 15.5. The standard InChI is InChI=1S/C14H17F3N2O2/c1-2-21-13(20)10-6-8-19(9-11(10)14(15,16)17)12-5-3-4-7-18-12/h3-5,7,10-11H,2,6,8-9H2,1H3. The van der Waals surface area contributed by atoms with Crippen molar-refractivity contribution in [1.82, 2.24) is 4.98 Å². The fourth-order valence-electron chi connectivity index (χ4n) is 2.56. The normalized spacial score (nSPS) is 23.0. The lowest BCUT2D eigenvalue weighted by molar-refractivity contribution is -0.199. The molecule has 0 spiro atoms. The lowest BCUT2D eigenvalue weighted by Crippen LogP contribution is -2.49. The van der Waals surface area contributed by atoms with E-state index >= 15 is 0 Å². The third-order valence-electron chi connectivity index (χ3n) is 3.60. The monoisotopic (exact) mass is 302 g/mol. The van der Waals surface area contributed by atoms with Crippen molar-refractivity contribution in [2.24, 2.45) is 11.8 Å². The maximum Gasteiger partial charge on any atom is 0.394 e. The molecule has 2 atom stereocenters. The summed E-state index contributed by atoms with van der Waals surface area (Å²) in [6.45, 7) is 1.75. The molecule has 1 saturated heterocycles. The Balaban J connectivity index is 2.17. The minimum absolute atomic E-state index is 0.0872.